The largest absolute Gasteiger partial charge is 0.493 e. The fourth-order valence-corrected chi connectivity index (χ4v) is 4.30. The number of amides is 1. The first-order chi connectivity index (χ1) is 14.0. The van der Waals surface area contributed by atoms with Crippen LogP contribution in [0.25, 0.3) is 6.08 Å². The van der Waals surface area contributed by atoms with Gasteiger partial charge in [0.1, 0.15) is 0 Å². The summed E-state index contributed by atoms with van der Waals surface area (Å²) in [4.78, 5) is 12.9. The smallest absolute Gasteiger partial charge is 0.255 e. The fraction of sp³-hybridized carbons (Fsp3) is 0.318. The van der Waals surface area contributed by atoms with E-state index in [0.29, 0.717) is 28.3 Å². The van der Waals surface area contributed by atoms with Crippen molar-refractivity contribution in [2.75, 3.05) is 19.5 Å². The van der Waals surface area contributed by atoms with E-state index < -0.39 is 21.5 Å². The van der Waals surface area contributed by atoms with Crippen LogP contribution in [-0.2, 0) is 10.0 Å². The molecule has 2 rings (SSSR count). The zero-order chi connectivity index (χ0) is 22.5. The Bertz CT molecular complexity index is 1050. The third-order valence-corrected chi connectivity index (χ3v) is 5.71. The molecule has 0 aliphatic heterocycles. The summed E-state index contributed by atoms with van der Waals surface area (Å²) in [5.41, 5.74) is 0.775. The molecule has 7 nitrogen and oxygen atoms in total. The van der Waals surface area contributed by atoms with E-state index in [9.17, 15) is 13.2 Å². The summed E-state index contributed by atoms with van der Waals surface area (Å²) >= 11 is 0. The van der Waals surface area contributed by atoms with Crippen LogP contribution < -0.4 is 19.5 Å². The standard InChI is InChI=1S/C22H28N2O5S/c1-7-9-15-12-16(13-19(28-5)20(15)29-6)21(25)23-17-10-8-11-18(14-17)30(26,27)24-22(2,3)4/h7-14,24H,1-6H3,(H,23,25)/b9-7+. The monoisotopic (exact) mass is 432 g/mol. The van der Waals surface area contributed by atoms with Crippen molar-refractivity contribution in [3.05, 3.63) is 53.6 Å². The Morgan fingerprint density at radius 3 is 2.33 bits per heavy atom. The molecule has 30 heavy (non-hydrogen) atoms. The average molecular weight is 433 g/mol. The topological polar surface area (TPSA) is 93.7 Å². The summed E-state index contributed by atoms with van der Waals surface area (Å²) in [5, 5.41) is 2.74. The second-order valence-corrected chi connectivity index (χ2v) is 9.32. The van der Waals surface area contributed by atoms with E-state index in [-0.39, 0.29) is 4.90 Å². The number of methoxy groups -OCH3 is 2. The summed E-state index contributed by atoms with van der Waals surface area (Å²) in [6.07, 6.45) is 3.64. The molecule has 0 aliphatic rings. The van der Waals surface area contributed by atoms with Crippen LogP contribution in [0, 0.1) is 0 Å². The molecule has 0 radical (unpaired) electrons. The Hall–Kier alpha value is -2.84. The number of rotatable bonds is 7. The van der Waals surface area contributed by atoms with Crippen LogP contribution in [0.2, 0.25) is 0 Å². The number of ether oxygens (including phenoxy) is 2. The molecule has 0 aromatic heterocycles. The lowest BCUT2D eigenvalue weighted by molar-refractivity contribution is 0.102. The Morgan fingerprint density at radius 2 is 1.77 bits per heavy atom. The van der Waals surface area contributed by atoms with Crippen molar-refractivity contribution in [2.45, 2.75) is 38.1 Å². The van der Waals surface area contributed by atoms with Crippen LogP contribution in [0.1, 0.15) is 43.6 Å². The van der Waals surface area contributed by atoms with Gasteiger partial charge >= 0.3 is 0 Å². The molecule has 8 heteroatoms. The highest BCUT2D eigenvalue weighted by molar-refractivity contribution is 7.89. The van der Waals surface area contributed by atoms with Crippen LogP contribution in [0.3, 0.4) is 0 Å². The maximum Gasteiger partial charge on any atom is 0.255 e. The summed E-state index contributed by atoms with van der Waals surface area (Å²) in [6.45, 7) is 7.14. The van der Waals surface area contributed by atoms with Crippen LogP contribution in [0.5, 0.6) is 11.5 Å². The molecule has 2 aromatic rings. The van der Waals surface area contributed by atoms with E-state index in [0.717, 1.165) is 0 Å². The number of anilines is 1. The summed E-state index contributed by atoms with van der Waals surface area (Å²) in [6, 6.07) is 9.35. The van der Waals surface area contributed by atoms with Gasteiger partial charge in [0.25, 0.3) is 5.91 Å². The lowest BCUT2D eigenvalue weighted by atomic mass is 10.1. The molecular formula is C22H28N2O5S. The first-order valence-corrected chi connectivity index (χ1v) is 10.8. The quantitative estimate of drug-likeness (QED) is 0.688. The molecule has 0 spiro atoms. The van der Waals surface area contributed by atoms with Gasteiger partial charge < -0.3 is 14.8 Å². The molecule has 0 aliphatic carbocycles. The first-order valence-electron chi connectivity index (χ1n) is 9.35. The van der Waals surface area contributed by atoms with Crippen molar-refractivity contribution in [3.8, 4) is 11.5 Å². The number of benzene rings is 2. The zero-order valence-corrected chi connectivity index (χ0v) is 18.9. The van der Waals surface area contributed by atoms with Crippen molar-refractivity contribution in [1.82, 2.24) is 4.72 Å². The number of nitrogens with one attached hydrogen (secondary N) is 2. The second kappa shape index (κ2) is 9.32. The molecule has 0 atom stereocenters. The van der Waals surface area contributed by atoms with Crippen molar-refractivity contribution in [3.63, 3.8) is 0 Å². The van der Waals surface area contributed by atoms with E-state index in [1.54, 1.807) is 45.0 Å². The van der Waals surface area contributed by atoms with Crippen LogP contribution in [-0.4, -0.2) is 34.1 Å². The van der Waals surface area contributed by atoms with E-state index in [2.05, 4.69) is 10.0 Å². The summed E-state index contributed by atoms with van der Waals surface area (Å²) in [5.74, 6) is 0.539. The van der Waals surface area contributed by atoms with Gasteiger partial charge in [0.15, 0.2) is 11.5 Å². The molecule has 0 heterocycles. The second-order valence-electron chi connectivity index (χ2n) is 7.64. The van der Waals surface area contributed by atoms with Crippen molar-refractivity contribution < 1.29 is 22.7 Å². The molecule has 0 saturated carbocycles. The number of sulfonamides is 1. The van der Waals surface area contributed by atoms with Gasteiger partial charge in [0, 0.05) is 22.4 Å². The molecule has 1 amide bonds. The third kappa shape index (κ3) is 5.84. The van der Waals surface area contributed by atoms with Crippen LogP contribution >= 0.6 is 0 Å². The highest BCUT2D eigenvalue weighted by Gasteiger charge is 2.22. The highest BCUT2D eigenvalue weighted by Crippen LogP contribution is 2.34. The summed E-state index contributed by atoms with van der Waals surface area (Å²) in [7, 11) is -0.696. The zero-order valence-electron chi connectivity index (χ0n) is 18.1. The Balaban J connectivity index is 2.36. The molecule has 0 unspecified atom stereocenters. The van der Waals surface area contributed by atoms with Gasteiger partial charge in [-0.2, -0.15) is 0 Å². The minimum absolute atomic E-state index is 0.0668. The number of carbonyl (C=O) groups excluding carboxylic acids is 1. The average Bonchev–Trinajstić information content (AvgIpc) is 2.66. The fourth-order valence-electron chi connectivity index (χ4n) is 2.83. The third-order valence-electron chi connectivity index (χ3n) is 3.96. The van der Waals surface area contributed by atoms with Crippen LogP contribution in [0.15, 0.2) is 47.4 Å². The predicted octanol–water partition coefficient (Wildman–Crippen LogP) is 4.07. The van der Waals surface area contributed by atoms with Crippen molar-refractivity contribution in [2.24, 2.45) is 0 Å². The Kier molecular flexibility index (Phi) is 7.28. The Labute approximate surface area is 178 Å². The molecule has 2 aromatic carbocycles. The molecular weight excluding hydrogens is 404 g/mol. The lowest BCUT2D eigenvalue weighted by Gasteiger charge is -2.20. The van der Waals surface area contributed by atoms with Crippen molar-refractivity contribution in [1.29, 1.82) is 0 Å². The number of allylic oxidation sites excluding steroid dienone is 1. The van der Waals surface area contributed by atoms with E-state index in [1.807, 2.05) is 19.1 Å². The van der Waals surface area contributed by atoms with Gasteiger partial charge in [0.05, 0.1) is 19.1 Å². The highest BCUT2D eigenvalue weighted by atomic mass is 32.2. The summed E-state index contributed by atoms with van der Waals surface area (Å²) < 4.78 is 38.5. The van der Waals surface area contributed by atoms with Gasteiger partial charge in [0.2, 0.25) is 10.0 Å². The van der Waals surface area contributed by atoms with Gasteiger partial charge in [-0.25, -0.2) is 13.1 Å². The SMILES string of the molecule is C/C=C/c1cc(C(=O)Nc2cccc(S(=O)(=O)NC(C)(C)C)c2)cc(OC)c1OC. The van der Waals surface area contributed by atoms with Crippen molar-refractivity contribution >= 4 is 27.7 Å². The minimum atomic E-state index is -3.72. The van der Waals surface area contributed by atoms with Gasteiger partial charge in [-0.05, 0) is 58.0 Å². The van der Waals surface area contributed by atoms with E-state index >= 15 is 0 Å². The van der Waals surface area contributed by atoms with E-state index in [1.165, 1.54) is 26.4 Å². The van der Waals surface area contributed by atoms with Gasteiger partial charge in [-0.15, -0.1) is 0 Å². The maximum absolute atomic E-state index is 12.8. The van der Waals surface area contributed by atoms with Crippen LogP contribution in [0.4, 0.5) is 5.69 Å². The normalized spacial score (nSPS) is 12.1. The predicted molar refractivity (Wildman–Crippen MR) is 119 cm³/mol. The maximum atomic E-state index is 12.8. The Morgan fingerprint density at radius 1 is 1.07 bits per heavy atom. The molecule has 0 fully saturated rings. The number of carbonyl (C=O) groups is 1. The lowest BCUT2D eigenvalue weighted by Crippen LogP contribution is -2.40. The number of hydrogen-bond donors (Lipinski definition) is 2. The molecule has 0 saturated heterocycles. The molecule has 162 valence electrons. The minimum Gasteiger partial charge on any atom is -0.493 e. The molecule has 0 bridgehead atoms. The van der Waals surface area contributed by atoms with E-state index in [4.69, 9.17) is 9.47 Å². The molecule has 2 N–H and O–H groups in total. The number of hydrogen-bond acceptors (Lipinski definition) is 5. The first kappa shape index (κ1) is 23.4. The van der Waals surface area contributed by atoms with Gasteiger partial charge in [-0.1, -0.05) is 18.2 Å². The van der Waals surface area contributed by atoms with Gasteiger partial charge in [-0.3, -0.25) is 4.79 Å².